The smallest absolute Gasteiger partial charge is 0.306 e. The first kappa shape index (κ1) is 61.1. The molecule has 0 aliphatic rings. The molecular weight excluding hydrogens is 789 g/mol. The number of unbranched alkanes of at least 4 members (excludes halogenated alkanes) is 24. The van der Waals surface area contributed by atoms with Gasteiger partial charge < -0.3 is 14.2 Å². The van der Waals surface area contributed by atoms with Gasteiger partial charge in [0.15, 0.2) is 6.10 Å². The number of rotatable bonds is 49. The molecule has 0 N–H and O–H groups in total. The second kappa shape index (κ2) is 54.4. The number of carbonyl (C=O) groups is 2. The van der Waals surface area contributed by atoms with Gasteiger partial charge in [-0.2, -0.15) is 0 Å². The predicted octanol–water partition coefficient (Wildman–Crippen LogP) is 18.5. The van der Waals surface area contributed by atoms with Gasteiger partial charge in [-0.25, -0.2) is 0 Å². The maximum Gasteiger partial charge on any atom is 0.306 e. The van der Waals surface area contributed by atoms with Crippen molar-refractivity contribution in [2.75, 3.05) is 19.8 Å². The molecule has 0 fully saturated rings. The van der Waals surface area contributed by atoms with E-state index in [1.54, 1.807) is 0 Å². The van der Waals surface area contributed by atoms with Gasteiger partial charge in [0, 0.05) is 19.4 Å². The number of hydrogen-bond donors (Lipinski definition) is 0. The number of esters is 2. The largest absolute Gasteiger partial charge is 0.462 e. The molecule has 0 heterocycles. The standard InChI is InChI=1S/C59H102O5/c1-4-7-10-13-16-19-22-25-28-29-30-33-36-39-42-45-48-51-54-62-55-57(64-59(61)53-50-47-44-41-38-35-32-27-24-21-18-15-12-9-6-3)56-63-58(60)52-49-46-43-40-37-34-31-26-23-20-17-14-11-8-5-2/h7,10,16-17,19-20,25-26,28,30-31,33,39,42,57H,4-6,8-9,11-15,18,21-24,27,29,32,34-38,40-41,43-56H2,1-3H3/b10-7-,19-16-,20-17-,28-25-,31-26-,33-30-,42-39-. The minimum atomic E-state index is -0.566. The van der Waals surface area contributed by atoms with Crippen LogP contribution in [0.3, 0.4) is 0 Å². The summed E-state index contributed by atoms with van der Waals surface area (Å²) in [7, 11) is 0. The van der Waals surface area contributed by atoms with Crippen molar-refractivity contribution in [1.82, 2.24) is 0 Å². The van der Waals surface area contributed by atoms with Crippen LogP contribution in [0.1, 0.15) is 252 Å². The molecule has 0 aromatic rings. The third-order valence-electron chi connectivity index (χ3n) is 11.4. The highest BCUT2D eigenvalue weighted by Crippen LogP contribution is 2.15. The highest BCUT2D eigenvalue weighted by atomic mass is 16.6. The molecule has 5 heteroatoms. The van der Waals surface area contributed by atoms with Gasteiger partial charge in [-0.1, -0.05) is 228 Å². The quantitative estimate of drug-likeness (QED) is 0.0346. The summed E-state index contributed by atoms with van der Waals surface area (Å²) in [6.45, 7) is 7.59. The van der Waals surface area contributed by atoms with Gasteiger partial charge in [-0.05, 0) is 96.3 Å². The first-order chi connectivity index (χ1) is 31.6. The van der Waals surface area contributed by atoms with Crippen LogP contribution in [0.25, 0.3) is 0 Å². The van der Waals surface area contributed by atoms with Gasteiger partial charge in [0.05, 0.1) is 6.61 Å². The monoisotopic (exact) mass is 891 g/mol. The number of hydrogen-bond acceptors (Lipinski definition) is 5. The van der Waals surface area contributed by atoms with Crippen LogP contribution >= 0.6 is 0 Å². The molecule has 5 nitrogen and oxygen atoms in total. The Morgan fingerprint density at radius 1 is 0.359 bits per heavy atom. The zero-order valence-corrected chi connectivity index (χ0v) is 42.3. The summed E-state index contributed by atoms with van der Waals surface area (Å²) in [6.07, 6.45) is 71.7. The molecule has 0 rings (SSSR count). The Hall–Kier alpha value is -2.92. The average molecular weight is 891 g/mol. The second-order valence-electron chi connectivity index (χ2n) is 17.8. The second-order valence-corrected chi connectivity index (χ2v) is 17.8. The molecule has 0 aliphatic heterocycles. The molecular formula is C59H102O5. The van der Waals surface area contributed by atoms with Crippen molar-refractivity contribution in [3.63, 3.8) is 0 Å². The Labute approximate surface area is 397 Å². The van der Waals surface area contributed by atoms with E-state index in [0.717, 1.165) is 96.3 Å². The summed E-state index contributed by atoms with van der Waals surface area (Å²) in [4.78, 5) is 25.4. The minimum absolute atomic E-state index is 0.0593. The molecule has 0 saturated heterocycles. The molecule has 0 amide bonds. The van der Waals surface area contributed by atoms with Crippen LogP contribution in [-0.4, -0.2) is 37.9 Å². The summed E-state index contributed by atoms with van der Waals surface area (Å²) < 4.78 is 17.4. The lowest BCUT2D eigenvalue weighted by Crippen LogP contribution is -2.30. The van der Waals surface area contributed by atoms with Gasteiger partial charge in [-0.15, -0.1) is 0 Å². The van der Waals surface area contributed by atoms with Crippen LogP contribution in [0.2, 0.25) is 0 Å². The van der Waals surface area contributed by atoms with Crippen LogP contribution in [0, 0.1) is 0 Å². The molecule has 1 unspecified atom stereocenters. The van der Waals surface area contributed by atoms with E-state index >= 15 is 0 Å². The molecule has 0 aromatic heterocycles. The Bertz CT molecular complexity index is 1190. The van der Waals surface area contributed by atoms with Crippen molar-refractivity contribution in [1.29, 1.82) is 0 Å². The number of ether oxygens (including phenoxy) is 3. The molecule has 0 spiro atoms. The van der Waals surface area contributed by atoms with Crippen molar-refractivity contribution >= 4 is 11.9 Å². The molecule has 368 valence electrons. The predicted molar refractivity (Wildman–Crippen MR) is 279 cm³/mol. The number of allylic oxidation sites excluding steroid dienone is 14. The van der Waals surface area contributed by atoms with E-state index in [2.05, 4.69) is 106 Å². The highest BCUT2D eigenvalue weighted by molar-refractivity contribution is 5.70. The Morgan fingerprint density at radius 2 is 0.703 bits per heavy atom. The van der Waals surface area contributed by atoms with Gasteiger partial charge in [0.25, 0.3) is 0 Å². The van der Waals surface area contributed by atoms with E-state index in [9.17, 15) is 9.59 Å². The molecule has 0 aromatic carbocycles. The fourth-order valence-electron chi connectivity index (χ4n) is 7.39. The summed E-state index contributed by atoms with van der Waals surface area (Å²) in [5.74, 6) is -0.433. The van der Waals surface area contributed by atoms with Crippen molar-refractivity contribution in [2.45, 2.75) is 258 Å². The minimum Gasteiger partial charge on any atom is -0.462 e. The highest BCUT2D eigenvalue weighted by Gasteiger charge is 2.17. The Kier molecular flexibility index (Phi) is 51.9. The summed E-state index contributed by atoms with van der Waals surface area (Å²) >= 11 is 0. The number of carbonyl (C=O) groups excluding carboxylic acids is 2. The van der Waals surface area contributed by atoms with Crippen LogP contribution in [-0.2, 0) is 23.8 Å². The fraction of sp³-hybridized carbons (Fsp3) is 0.729. The molecule has 0 saturated carbocycles. The maximum atomic E-state index is 12.8. The molecule has 0 aliphatic carbocycles. The lowest BCUT2D eigenvalue weighted by Gasteiger charge is -2.18. The lowest BCUT2D eigenvalue weighted by molar-refractivity contribution is -0.163. The van der Waals surface area contributed by atoms with E-state index in [4.69, 9.17) is 14.2 Å². The summed E-state index contributed by atoms with van der Waals surface area (Å²) in [5.41, 5.74) is 0. The van der Waals surface area contributed by atoms with E-state index in [-0.39, 0.29) is 25.2 Å². The van der Waals surface area contributed by atoms with Crippen molar-refractivity contribution in [2.24, 2.45) is 0 Å². The normalized spacial score (nSPS) is 12.9. The van der Waals surface area contributed by atoms with Crippen LogP contribution in [0.15, 0.2) is 85.1 Å². The fourth-order valence-corrected chi connectivity index (χ4v) is 7.39. The third kappa shape index (κ3) is 51.7. The van der Waals surface area contributed by atoms with Crippen LogP contribution in [0.4, 0.5) is 0 Å². The van der Waals surface area contributed by atoms with E-state index in [0.29, 0.717) is 19.4 Å². The molecule has 0 bridgehead atoms. The maximum absolute atomic E-state index is 12.8. The zero-order chi connectivity index (χ0) is 46.3. The third-order valence-corrected chi connectivity index (χ3v) is 11.4. The molecule has 64 heavy (non-hydrogen) atoms. The first-order valence-corrected chi connectivity index (χ1v) is 27.1. The van der Waals surface area contributed by atoms with Crippen molar-refractivity contribution in [3.05, 3.63) is 85.1 Å². The summed E-state index contributed by atoms with van der Waals surface area (Å²) in [6, 6.07) is 0. The van der Waals surface area contributed by atoms with Crippen molar-refractivity contribution < 1.29 is 23.8 Å². The lowest BCUT2D eigenvalue weighted by atomic mass is 10.0. The van der Waals surface area contributed by atoms with E-state index < -0.39 is 6.10 Å². The van der Waals surface area contributed by atoms with Gasteiger partial charge in [0.2, 0.25) is 0 Å². The van der Waals surface area contributed by atoms with Gasteiger partial charge in [0.1, 0.15) is 6.61 Å². The SMILES string of the molecule is CC/C=C\C/C=C\C/C=C\C/C=C\C/C=C\CCCCOCC(COC(=O)CCCCCCC/C=C\C/C=C\CCCCC)OC(=O)CCCCCCCCCCCCCCCCC. The van der Waals surface area contributed by atoms with Crippen molar-refractivity contribution in [3.8, 4) is 0 Å². The molecule has 1 atom stereocenters. The summed E-state index contributed by atoms with van der Waals surface area (Å²) in [5, 5.41) is 0. The topological polar surface area (TPSA) is 61.8 Å². The molecule has 0 radical (unpaired) electrons. The van der Waals surface area contributed by atoms with E-state index in [1.807, 2.05) is 0 Å². The van der Waals surface area contributed by atoms with E-state index in [1.165, 1.54) is 122 Å². The average Bonchev–Trinajstić information content (AvgIpc) is 3.30. The first-order valence-electron chi connectivity index (χ1n) is 27.1. The zero-order valence-electron chi connectivity index (χ0n) is 42.3. The van der Waals surface area contributed by atoms with Gasteiger partial charge in [-0.3, -0.25) is 9.59 Å². The van der Waals surface area contributed by atoms with Crippen LogP contribution < -0.4 is 0 Å². The Morgan fingerprint density at radius 3 is 1.16 bits per heavy atom. The Balaban J connectivity index is 4.37. The van der Waals surface area contributed by atoms with Crippen LogP contribution in [0.5, 0.6) is 0 Å². The van der Waals surface area contributed by atoms with Gasteiger partial charge >= 0.3 is 11.9 Å².